The molecule has 1 aromatic heterocycles. The molecule has 1 aromatic carbocycles. The van der Waals surface area contributed by atoms with Crippen LogP contribution in [0, 0.1) is 6.92 Å². The summed E-state index contributed by atoms with van der Waals surface area (Å²) in [6.45, 7) is 1.99. The second kappa shape index (κ2) is 6.82. The molecule has 122 valence electrons. The minimum Gasteiger partial charge on any atom is -0.368 e. The van der Waals surface area contributed by atoms with Crippen molar-refractivity contribution in [1.82, 2.24) is 14.8 Å². The van der Waals surface area contributed by atoms with Crippen molar-refractivity contribution in [3.05, 3.63) is 26.6 Å². The minimum absolute atomic E-state index is 0.107. The maximum Gasteiger partial charge on any atom is 0.234 e. The van der Waals surface area contributed by atoms with E-state index in [2.05, 4.69) is 47.4 Å². The summed E-state index contributed by atoms with van der Waals surface area (Å²) in [5, 5.41) is 11.6. The van der Waals surface area contributed by atoms with Crippen LogP contribution < -0.4 is 11.1 Å². The van der Waals surface area contributed by atoms with Gasteiger partial charge in [0, 0.05) is 15.0 Å². The minimum atomic E-state index is -0.107. The van der Waals surface area contributed by atoms with Gasteiger partial charge in [0.15, 0.2) is 5.16 Å². The van der Waals surface area contributed by atoms with Gasteiger partial charge in [0.1, 0.15) is 0 Å². The van der Waals surface area contributed by atoms with E-state index < -0.39 is 0 Å². The summed E-state index contributed by atoms with van der Waals surface area (Å²) in [5.41, 5.74) is 7.66. The number of nitrogens with two attached hydrogens (primary N) is 1. The fourth-order valence-electron chi connectivity index (χ4n) is 2.19. The number of thioether (sulfide) groups is 1. The maximum absolute atomic E-state index is 12.2. The SMILES string of the molecule is Cc1cc(Br)c(NC(=O)CSc2nnc(N)n2C2CC2)c(Br)c1. The van der Waals surface area contributed by atoms with Gasteiger partial charge in [-0.3, -0.25) is 9.36 Å². The number of hydrogen-bond donors (Lipinski definition) is 2. The quantitative estimate of drug-likeness (QED) is 0.663. The number of hydrogen-bond acceptors (Lipinski definition) is 5. The van der Waals surface area contributed by atoms with Gasteiger partial charge in [-0.25, -0.2) is 0 Å². The van der Waals surface area contributed by atoms with Crippen LogP contribution in [0.5, 0.6) is 0 Å². The van der Waals surface area contributed by atoms with E-state index in [0.29, 0.717) is 17.1 Å². The molecule has 0 saturated heterocycles. The van der Waals surface area contributed by atoms with Crippen LogP contribution in [-0.4, -0.2) is 26.4 Å². The molecule has 3 N–H and O–H groups in total. The van der Waals surface area contributed by atoms with Crippen molar-refractivity contribution in [3.63, 3.8) is 0 Å². The van der Waals surface area contributed by atoms with Gasteiger partial charge in [-0.1, -0.05) is 11.8 Å². The number of aryl methyl sites for hydroxylation is 1. The summed E-state index contributed by atoms with van der Waals surface area (Å²) in [6, 6.07) is 4.30. The zero-order valence-electron chi connectivity index (χ0n) is 12.3. The number of halogens is 2. The van der Waals surface area contributed by atoms with Gasteiger partial charge < -0.3 is 11.1 Å². The largest absolute Gasteiger partial charge is 0.368 e. The van der Waals surface area contributed by atoms with Crippen molar-refractivity contribution in [3.8, 4) is 0 Å². The standard InChI is InChI=1S/C14H15Br2N5OS/c1-7-4-9(15)12(10(16)5-7)18-11(22)6-23-14-20-19-13(17)21(14)8-2-3-8/h4-5,8H,2-3,6H2,1H3,(H2,17,19)(H,18,22). The van der Waals surface area contributed by atoms with E-state index in [0.717, 1.165) is 33.0 Å². The highest BCUT2D eigenvalue weighted by molar-refractivity contribution is 9.11. The van der Waals surface area contributed by atoms with Gasteiger partial charge in [-0.05, 0) is 69.3 Å². The van der Waals surface area contributed by atoms with Crippen LogP contribution in [0.1, 0.15) is 24.4 Å². The fourth-order valence-corrected chi connectivity index (χ4v) is 4.61. The summed E-state index contributed by atoms with van der Waals surface area (Å²) < 4.78 is 3.59. The molecule has 1 aliphatic rings. The summed E-state index contributed by atoms with van der Waals surface area (Å²) >= 11 is 8.29. The smallest absolute Gasteiger partial charge is 0.234 e. The lowest BCUT2D eigenvalue weighted by atomic mass is 10.2. The first-order chi connectivity index (χ1) is 11.0. The van der Waals surface area contributed by atoms with E-state index in [-0.39, 0.29) is 11.7 Å². The van der Waals surface area contributed by atoms with Crippen LogP contribution in [-0.2, 0) is 4.79 Å². The second-order valence-electron chi connectivity index (χ2n) is 5.38. The third-order valence-electron chi connectivity index (χ3n) is 3.39. The third kappa shape index (κ3) is 3.89. The molecule has 1 saturated carbocycles. The average molecular weight is 461 g/mol. The summed E-state index contributed by atoms with van der Waals surface area (Å²) in [7, 11) is 0. The van der Waals surface area contributed by atoms with Crippen LogP contribution >= 0.6 is 43.6 Å². The zero-order chi connectivity index (χ0) is 16.6. The van der Waals surface area contributed by atoms with Crippen molar-refractivity contribution in [2.75, 3.05) is 16.8 Å². The molecular weight excluding hydrogens is 446 g/mol. The number of carbonyl (C=O) groups excluding carboxylic acids is 1. The topological polar surface area (TPSA) is 85.8 Å². The normalized spacial score (nSPS) is 14.0. The Hall–Kier alpha value is -1.06. The fraction of sp³-hybridized carbons (Fsp3) is 0.357. The van der Waals surface area contributed by atoms with Gasteiger partial charge >= 0.3 is 0 Å². The van der Waals surface area contributed by atoms with E-state index in [1.165, 1.54) is 11.8 Å². The monoisotopic (exact) mass is 459 g/mol. The first kappa shape index (κ1) is 16.8. The third-order valence-corrected chi connectivity index (χ3v) is 5.58. The number of aromatic nitrogens is 3. The number of nitrogen functional groups attached to an aromatic ring is 1. The molecule has 9 heteroatoms. The summed E-state index contributed by atoms with van der Waals surface area (Å²) in [4.78, 5) is 12.2. The van der Waals surface area contributed by atoms with Crippen molar-refractivity contribution < 1.29 is 4.79 Å². The molecule has 0 atom stereocenters. The van der Waals surface area contributed by atoms with E-state index >= 15 is 0 Å². The number of anilines is 2. The maximum atomic E-state index is 12.2. The summed E-state index contributed by atoms with van der Waals surface area (Å²) in [6.07, 6.45) is 2.18. The molecular formula is C14H15Br2N5OS. The first-order valence-corrected chi connectivity index (χ1v) is 9.61. The van der Waals surface area contributed by atoms with Gasteiger partial charge in [0.25, 0.3) is 0 Å². The lowest BCUT2D eigenvalue weighted by Crippen LogP contribution is -2.15. The van der Waals surface area contributed by atoms with Crippen molar-refractivity contribution in [2.45, 2.75) is 31.0 Å². The molecule has 1 amide bonds. The van der Waals surface area contributed by atoms with Crippen LogP contribution in [0.2, 0.25) is 0 Å². The summed E-state index contributed by atoms with van der Waals surface area (Å²) in [5.74, 6) is 0.557. The Labute approximate surface area is 154 Å². The van der Waals surface area contributed by atoms with Gasteiger partial charge in [0.2, 0.25) is 11.9 Å². The Kier molecular flexibility index (Phi) is 4.98. The van der Waals surface area contributed by atoms with Crippen molar-refractivity contribution >= 4 is 61.2 Å². The highest BCUT2D eigenvalue weighted by atomic mass is 79.9. The Morgan fingerprint density at radius 2 is 2.04 bits per heavy atom. The highest BCUT2D eigenvalue weighted by Crippen LogP contribution is 2.39. The molecule has 0 spiro atoms. The predicted molar refractivity (Wildman–Crippen MR) is 98.6 cm³/mol. The lowest BCUT2D eigenvalue weighted by Gasteiger charge is -2.11. The number of benzene rings is 1. The van der Waals surface area contributed by atoms with E-state index in [4.69, 9.17) is 5.73 Å². The first-order valence-electron chi connectivity index (χ1n) is 7.04. The molecule has 1 fully saturated rings. The molecule has 2 aromatic rings. The van der Waals surface area contributed by atoms with Gasteiger partial charge in [0.05, 0.1) is 11.4 Å². The number of rotatable bonds is 5. The van der Waals surface area contributed by atoms with E-state index in [1.54, 1.807) is 0 Å². The Balaban J connectivity index is 1.65. The molecule has 1 aliphatic carbocycles. The van der Waals surface area contributed by atoms with Crippen LogP contribution in [0.4, 0.5) is 11.6 Å². The highest BCUT2D eigenvalue weighted by Gasteiger charge is 2.29. The lowest BCUT2D eigenvalue weighted by molar-refractivity contribution is -0.113. The molecule has 0 aliphatic heterocycles. The molecule has 3 rings (SSSR count). The van der Waals surface area contributed by atoms with Crippen LogP contribution in [0.15, 0.2) is 26.2 Å². The molecule has 6 nitrogen and oxygen atoms in total. The van der Waals surface area contributed by atoms with Crippen LogP contribution in [0.25, 0.3) is 0 Å². The van der Waals surface area contributed by atoms with Gasteiger partial charge in [-0.15, -0.1) is 10.2 Å². The van der Waals surface area contributed by atoms with Crippen LogP contribution in [0.3, 0.4) is 0 Å². The van der Waals surface area contributed by atoms with Crippen molar-refractivity contribution in [2.24, 2.45) is 0 Å². The Bertz CT molecular complexity index is 737. The number of nitrogens with one attached hydrogen (secondary N) is 1. The predicted octanol–water partition coefficient (Wildman–Crippen LogP) is 3.76. The zero-order valence-corrected chi connectivity index (χ0v) is 16.3. The Morgan fingerprint density at radius 1 is 1.39 bits per heavy atom. The Morgan fingerprint density at radius 3 is 2.65 bits per heavy atom. The number of carbonyl (C=O) groups is 1. The van der Waals surface area contributed by atoms with Gasteiger partial charge in [-0.2, -0.15) is 0 Å². The average Bonchev–Trinajstić information content (AvgIpc) is 3.24. The van der Waals surface area contributed by atoms with E-state index in [1.807, 2.05) is 23.6 Å². The molecule has 0 bridgehead atoms. The second-order valence-corrected chi connectivity index (χ2v) is 8.03. The van der Waals surface area contributed by atoms with E-state index in [9.17, 15) is 4.79 Å². The molecule has 0 radical (unpaired) electrons. The molecule has 0 unspecified atom stereocenters. The number of nitrogens with zero attached hydrogens (tertiary/aromatic N) is 3. The molecule has 23 heavy (non-hydrogen) atoms. The van der Waals surface area contributed by atoms with Crippen molar-refractivity contribution in [1.29, 1.82) is 0 Å². The molecule has 1 heterocycles. The number of amides is 1.